The molecule has 0 aromatic rings. The number of hydrogen-bond acceptors (Lipinski definition) is 6. The molecule has 6 heteroatoms. The monoisotopic (exact) mass is 368 g/mol. The lowest BCUT2D eigenvalue weighted by atomic mass is 9.78. The zero-order chi connectivity index (χ0) is 19.6. The highest BCUT2D eigenvalue weighted by atomic mass is 16.6. The quantitative estimate of drug-likeness (QED) is 0.739. The summed E-state index contributed by atoms with van der Waals surface area (Å²) < 4.78 is 11.4. The maximum absolute atomic E-state index is 12.5. The van der Waals surface area contributed by atoms with Crippen molar-refractivity contribution in [3.63, 3.8) is 0 Å². The summed E-state index contributed by atoms with van der Waals surface area (Å²) in [6.07, 6.45) is 0.886. The summed E-state index contributed by atoms with van der Waals surface area (Å²) in [5.74, 6) is -1.59. The molecule has 0 unspecified atom stereocenters. The Morgan fingerprint density at radius 1 is 1.31 bits per heavy atom. The molecule has 1 saturated heterocycles. The summed E-state index contributed by atoms with van der Waals surface area (Å²) in [4.78, 5) is 24.6. The van der Waals surface area contributed by atoms with Gasteiger partial charge in [0.2, 0.25) is 0 Å². The van der Waals surface area contributed by atoms with E-state index in [1.165, 1.54) is 0 Å². The first-order chi connectivity index (χ1) is 12.1. The molecule has 0 aromatic heterocycles. The Labute approximate surface area is 155 Å². The van der Waals surface area contributed by atoms with Gasteiger partial charge in [-0.1, -0.05) is 26.8 Å². The van der Waals surface area contributed by atoms with Gasteiger partial charge in [-0.25, -0.2) is 4.79 Å². The van der Waals surface area contributed by atoms with Gasteiger partial charge in [0.1, 0.15) is 12.2 Å². The highest BCUT2D eigenvalue weighted by Crippen LogP contribution is 2.37. The van der Waals surface area contributed by atoms with E-state index in [1.54, 1.807) is 19.9 Å². The van der Waals surface area contributed by atoms with Crippen LogP contribution in [0.5, 0.6) is 0 Å². The van der Waals surface area contributed by atoms with E-state index in [4.69, 9.17) is 9.47 Å². The minimum Gasteiger partial charge on any atom is -0.462 e. The van der Waals surface area contributed by atoms with Crippen molar-refractivity contribution in [3.05, 3.63) is 11.6 Å². The van der Waals surface area contributed by atoms with Crippen LogP contribution >= 0.6 is 0 Å². The van der Waals surface area contributed by atoms with E-state index in [2.05, 4.69) is 0 Å². The van der Waals surface area contributed by atoms with Gasteiger partial charge in [-0.2, -0.15) is 0 Å². The number of carbonyl (C=O) groups is 2. The highest BCUT2D eigenvalue weighted by Gasteiger charge is 2.43. The van der Waals surface area contributed by atoms with Crippen molar-refractivity contribution >= 4 is 11.9 Å². The maximum atomic E-state index is 12.5. The lowest BCUT2D eigenvalue weighted by Crippen LogP contribution is -2.42. The Hall–Kier alpha value is -1.40. The third-order valence-corrected chi connectivity index (χ3v) is 5.80. The van der Waals surface area contributed by atoms with Crippen LogP contribution in [0.25, 0.3) is 0 Å². The van der Waals surface area contributed by atoms with Crippen molar-refractivity contribution < 1.29 is 29.3 Å². The molecule has 1 aliphatic heterocycles. The van der Waals surface area contributed by atoms with Crippen LogP contribution in [0.1, 0.15) is 53.9 Å². The Kier molecular flexibility index (Phi) is 6.86. The first-order valence-electron chi connectivity index (χ1n) is 9.58. The smallest absolute Gasteiger partial charge is 0.334 e. The number of aliphatic hydroxyl groups excluding tert-OH is 2. The number of ether oxygens (including phenoxy) is 2. The van der Waals surface area contributed by atoms with Gasteiger partial charge in [0.15, 0.2) is 0 Å². The third-order valence-electron chi connectivity index (χ3n) is 5.80. The van der Waals surface area contributed by atoms with Gasteiger partial charge >= 0.3 is 11.9 Å². The van der Waals surface area contributed by atoms with Gasteiger partial charge in [0.05, 0.1) is 18.1 Å². The average Bonchev–Trinajstić information content (AvgIpc) is 2.90. The summed E-state index contributed by atoms with van der Waals surface area (Å²) in [6.45, 7) is 9.15. The van der Waals surface area contributed by atoms with Crippen LogP contribution in [-0.4, -0.2) is 46.6 Å². The molecule has 1 fully saturated rings. The molecule has 2 N–H and O–H groups in total. The normalized spacial score (nSPS) is 36.7. The second-order valence-electron chi connectivity index (χ2n) is 8.22. The number of esters is 2. The van der Waals surface area contributed by atoms with Gasteiger partial charge < -0.3 is 19.7 Å². The molecule has 2 rings (SSSR count). The molecule has 148 valence electrons. The topological polar surface area (TPSA) is 93.1 Å². The Bertz CT molecular complexity index is 553. The summed E-state index contributed by atoms with van der Waals surface area (Å²) in [5, 5.41) is 20.1. The molecule has 0 aromatic carbocycles. The fourth-order valence-electron chi connectivity index (χ4n) is 3.79. The fourth-order valence-corrected chi connectivity index (χ4v) is 3.79. The largest absolute Gasteiger partial charge is 0.462 e. The molecule has 0 amide bonds. The lowest BCUT2D eigenvalue weighted by Gasteiger charge is -2.36. The van der Waals surface area contributed by atoms with Crippen LogP contribution < -0.4 is 0 Å². The van der Waals surface area contributed by atoms with Crippen LogP contribution in [0.15, 0.2) is 11.6 Å². The third kappa shape index (κ3) is 4.65. The zero-order valence-corrected chi connectivity index (χ0v) is 16.3. The van der Waals surface area contributed by atoms with E-state index in [0.717, 1.165) is 0 Å². The molecule has 2 bridgehead atoms. The number of aliphatic hydroxyl groups is 2. The predicted molar refractivity (Wildman–Crippen MR) is 96.0 cm³/mol. The molecule has 0 spiro atoms. The van der Waals surface area contributed by atoms with E-state index >= 15 is 0 Å². The van der Waals surface area contributed by atoms with Gasteiger partial charge in [-0.15, -0.1) is 0 Å². The van der Waals surface area contributed by atoms with Crippen LogP contribution in [0, 0.1) is 23.7 Å². The van der Waals surface area contributed by atoms with E-state index in [-0.39, 0.29) is 29.8 Å². The van der Waals surface area contributed by atoms with Gasteiger partial charge in [-0.05, 0) is 38.5 Å². The van der Waals surface area contributed by atoms with Crippen molar-refractivity contribution in [1.29, 1.82) is 0 Å². The Balaban J connectivity index is 2.33. The lowest BCUT2D eigenvalue weighted by molar-refractivity contribution is -0.167. The minimum atomic E-state index is -0.804. The van der Waals surface area contributed by atoms with Crippen LogP contribution in [0.2, 0.25) is 0 Å². The SMILES string of the molecule is CC(C)[C@@H]1[C@@H]2C/C(=C\C[C@@H](O)[C@H](C)C[C@@H]1OC(=O)[C@H](C)[C@@H](C)O)C(=O)O2. The minimum absolute atomic E-state index is 0.0969. The van der Waals surface area contributed by atoms with E-state index < -0.39 is 30.2 Å². The number of fused-ring (bicyclic) bond motifs is 2. The zero-order valence-electron chi connectivity index (χ0n) is 16.3. The van der Waals surface area contributed by atoms with E-state index in [0.29, 0.717) is 24.8 Å². The predicted octanol–water partition coefficient (Wildman–Crippen LogP) is 2.22. The number of carbonyl (C=O) groups excluding carboxylic acids is 2. The standard InChI is InChI=1S/C20H32O6/c1-10(2)18-16(25-19(23)12(4)13(5)21)8-11(3)15(22)7-6-14-9-17(18)26-20(14)24/h6,10-13,15-18,21-22H,7-9H2,1-5H3/b14-6+/t11-,12-,13-,15-,16+,17+,18+/m1/s1. The van der Waals surface area contributed by atoms with Crippen molar-refractivity contribution in [2.45, 2.75) is 78.3 Å². The van der Waals surface area contributed by atoms with Crippen LogP contribution in [0.3, 0.4) is 0 Å². The summed E-state index contributed by atoms with van der Waals surface area (Å²) in [7, 11) is 0. The number of rotatable bonds is 4. The molecule has 0 saturated carbocycles. The molecule has 7 atom stereocenters. The molecule has 26 heavy (non-hydrogen) atoms. The van der Waals surface area contributed by atoms with Gasteiger partial charge in [0, 0.05) is 17.9 Å². The fraction of sp³-hybridized carbons (Fsp3) is 0.800. The first-order valence-corrected chi connectivity index (χ1v) is 9.58. The van der Waals surface area contributed by atoms with Gasteiger partial charge in [-0.3, -0.25) is 4.79 Å². The molecule has 6 nitrogen and oxygen atoms in total. The second-order valence-corrected chi connectivity index (χ2v) is 8.22. The van der Waals surface area contributed by atoms with Crippen molar-refractivity contribution in [1.82, 2.24) is 0 Å². The molecule has 1 heterocycles. The van der Waals surface area contributed by atoms with E-state index in [1.807, 2.05) is 20.8 Å². The van der Waals surface area contributed by atoms with E-state index in [9.17, 15) is 19.8 Å². The van der Waals surface area contributed by atoms with Crippen molar-refractivity contribution in [3.8, 4) is 0 Å². The number of hydrogen-bond donors (Lipinski definition) is 2. The summed E-state index contributed by atoms with van der Waals surface area (Å²) >= 11 is 0. The maximum Gasteiger partial charge on any atom is 0.334 e. The molecular weight excluding hydrogens is 336 g/mol. The van der Waals surface area contributed by atoms with Crippen LogP contribution in [0.4, 0.5) is 0 Å². The molecular formula is C20H32O6. The highest BCUT2D eigenvalue weighted by molar-refractivity contribution is 5.90. The Morgan fingerprint density at radius 2 is 1.96 bits per heavy atom. The van der Waals surface area contributed by atoms with Gasteiger partial charge in [0.25, 0.3) is 0 Å². The summed E-state index contributed by atoms with van der Waals surface area (Å²) in [6, 6.07) is 0. The molecule has 2 aliphatic rings. The van der Waals surface area contributed by atoms with Crippen LogP contribution in [-0.2, 0) is 19.1 Å². The first kappa shape index (κ1) is 20.9. The average molecular weight is 368 g/mol. The Morgan fingerprint density at radius 3 is 2.54 bits per heavy atom. The summed E-state index contributed by atoms with van der Waals surface area (Å²) in [5.41, 5.74) is 0.594. The van der Waals surface area contributed by atoms with Crippen molar-refractivity contribution in [2.75, 3.05) is 0 Å². The molecule has 0 radical (unpaired) electrons. The van der Waals surface area contributed by atoms with Crippen molar-refractivity contribution in [2.24, 2.45) is 23.7 Å². The second kappa shape index (κ2) is 8.53. The molecule has 1 aliphatic carbocycles.